The van der Waals surface area contributed by atoms with Gasteiger partial charge in [-0.1, -0.05) is 11.6 Å². The van der Waals surface area contributed by atoms with Gasteiger partial charge in [0.15, 0.2) is 0 Å². The van der Waals surface area contributed by atoms with Crippen molar-refractivity contribution in [2.24, 2.45) is 0 Å². The van der Waals surface area contributed by atoms with E-state index in [2.05, 4.69) is 20.9 Å². The molecule has 14 heavy (non-hydrogen) atoms. The van der Waals surface area contributed by atoms with Crippen LogP contribution in [0.1, 0.15) is 17.3 Å². The Labute approximate surface area is 94.5 Å². The van der Waals surface area contributed by atoms with Crippen molar-refractivity contribution in [3.63, 3.8) is 0 Å². The van der Waals surface area contributed by atoms with Crippen LogP contribution < -0.4 is 5.73 Å². The number of nitrogens with zero attached hydrogens (tertiary/aromatic N) is 1. The summed E-state index contributed by atoms with van der Waals surface area (Å²) in [5.74, 6) is -0.505. The van der Waals surface area contributed by atoms with Gasteiger partial charge in [-0.3, -0.25) is 0 Å². The quantitative estimate of drug-likeness (QED) is 0.666. The molecule has 1 aromatic heterocycles. The van der Waals surface area contributed by atoms with Gasteiger partial charge in [-0.05, 0) is 22.9 Å². The van der Waals surface area contributed by atoms with Crippen LogP contribution in [0.3, 0.4) is 0 Å². The van der Waals surface area contributed by atoms with Gasteiger partial charge in [-0.15, -0.1) is 0 Å². The monoisotopic (exact) mass is 278 g/mol. The maximum Gasteiger partial charge on any atom is 0.341 e. The van der Waals surface area contributed by atoms with Crippen LogP contribution in [0.25, 0.3) is 0 Å². The topological polar surface area (TPSA) is 65.2 Å². The smallest absolute Gasteiger partial charge is 0.341 e. The number of hydrogen-bond donors (Lipinski definition) is 1. The molecule has 0 aliphatic rings. The summed E-state index contributed by atoms with van der Waals surface area (Å²) in [6, 6.07) is 0. The third kappa shape index (κ3) is 2.16. The summed E-state index contributed by atoms with van der Waals surface area (Å²) >= 11 is 8.80. The number of esters is 1. The third-order valence-electron chi connectivity index (χ3n) is 1.51. The number of halogens is 2. The molecule has 0 aliphatic heterocycles. The zero-order chi connectivity index (χ0) is 10.7. The number of pyridine rings is 1. The summed E-state index contributed by atoms with van der Waals surface area (Å²) in [6.07, 6.45) is 1.29. The van der Waals surface area contributed by atoms with Gasteiger partial charge in [0.05, 0.1) is 16.8 Å². The Morgan fingerprint density at radius 1 is 1.79 bits per heavy atom. The number of carbonyl (C=O) groups is 1. The number of aromatic nitrogens is 1. The Hall–Kier alpha value is -0.810. The van der Waals surface area contributed by atoms with E-state index in [1.54, 1.807) is 6.92 Å². The molecule has 0 bridgehead atoms. The highest BCUT2D eigenvalue weighted by molar-refractivity contribution is 9.10. The zero-order valence-electron chi connectivity index (χ0n) is 7.38. The predicted molar refractivity (Wildman–Crippen MR) is 57.3 cm³/mol. The van der Waals surface area contributed by atoms with E-state index >= 15 is 0 Å². The average Bonchev–Trinajstić information content (AvgIpc) is 2.15. The Morgan fingerprint density at radius 2 is 2.43 bits per heavy atom. The lowest BCUT2D eigenvalue weighted by atomic mass is 10.2. The summed E-state index contributed by atoms with van der Waals surface area (Å²) in [4.78, 5) is 15.1. The van der Waals surface area contributed by atoms with Gasteiger partial charge >= 0.3 is 5.97 Å². The van der Waals surface area contributed by atoms with Gasteiger partial charge in [0.25, 0.3) is 0 Å². The molecule has 1 heterocycles. The molecule has 1 aromatic rings. The number of nitrogens with two attached hydrogens (primary N) is 1. The second-order valence-corrected chi connectivity index (χ2v) is 3.56. The minimum Gasteiger partial charge on any atom is -0.462 e. The van der Waals surface area contributed by atoms with Gasteiger partial charge in [-0.25, -0.2) is 9.78 Å². The fourth-order valence-electron chi connectivity index (χ4n) is 0.848. The Morgan fingerprint density at radius 3 is 3.00 bits per heavy atom. The Kier molecular flexibility index (Phi) is 3.71. The first-order valence-electron chi connectivity index (χ1n) is 3.84. The molecule has 1 rings (SSSR count). The summed E-state index contributed by atoms with van der Waals surface area (Å²) < 4.78 is 5.19. The Bertz CT molecular complexity index is 371. The van der Waals surface area contributed by atoms with E-state index < -0.39 is 5.97 Å². The fourth-order valence-corrected chi connectivity index (χ4v) is 1.31. The predicted octanol–water partition coefficient (Wildman–Crippen LogP) is 2.26. The van der Waals surface area contributed by atoms with E-state index in [9.17, 15) is 4.79 Å². The van der Waals surface area contributed by atoms with E-state index in [1.165, 1.54) is 6.20 Å². The molecule has 4 nitrogen and oxygen atoms in total. The van der Waals surface area contributed by atoms with Crippen molar-refractivity contribution >= 4 is 39.2 Å². The van der Waals surface area contributed by atoms with Crippen LogP contribution in [-0.2, 0) is 4.74 Å². The van der Waals surface area contributed by atoms with Crippen molar-refractivity contribution in [3.8, 4) is 0 Å². The van der Waals surface area contributed by atoms with Crippen molar-refractivity contribution in [1.82, 2.24) is 4.98 Å². The highest BCUT2D eigenvalue weighted by Crippen LogP contribution is 2.29. The first-order chi connectivity index (χ1) is 6.57. The lowest BCUT2D eigenvalue weighted by Gasteiger charge is -2.06. The second-order valence-electron chi connectivity index (χ2n) is 2.41. The van der Waals surface area contributed by atoms with E-state index in [-0.39, 0.29) is 16.4 Å². The largest absolute Gasteiger partial charge is 0.462 e. The van der Waals surface area contributed by atoms with Crippen molar-refractivity contribution in [2.45, 2.75) is 6.92 Å². The van der Waals surface area contributed by atoms with Crippen LogP contribution in [0.5, 0.6) is 0 Å². The normalized spacial score (nSPS) is 9.93. The lowest BCUT2D eigenvalue weighted by molar-refractivity contribution is 0.0527. The van der Waals surface area contributed by atoms with Crippen LogP contribution in [0, 0.1) is 0 Å². The second kappa shape index (κ2) is 4.61. The highest BCUT2D eigenvalue weighted by Gasteiger charge is 2.15. The molecule has 0 radical (unpaired) electrons. The molecule has 0 aromatic carbocycles. The number of rotatable bonds is 2. The van der Waals surface area contributed by atoms with Crippen LogP contribution >= 0.6 is 27.5 Å². The molecule has 6 heteroatoms. The number of hydrogen-bond acceptors (Lipinski definition) is 4. The van der Waals surface area contributed by atoms with Crippen molar-refractivity contribution < 1.29 is 9.53 Å². The summed E-state index contributed by atoms with van der Waals surface area (Å²) in [7, 11) is 0. The van der Waals surface area contributed by atoms with E-state index in [0.29, 0.717) is 11.1 Å². The summed E-state index contributed by atoms with van der Waals surface area (Å²) in [5.41, 5.74) is 6.09. The molecular weight excluding hydrogens is 271 g/mol. The van der Waals surface area contributed by atoms with E-state index in [1.807, 2.05) is 0 Å². The molecule has 0 saturated heterocycles. The average molecular weight is 280 g/mol. The molecule has 0 amide bonds. The fraction of sp³-hybridized carbons (Fsp3) is 0.250. The number of carbonyl (C=O) groups excluding carboxylic acids is 1. The zero-order valence-corrected chi connectivity index (χ0v) is 9.72. The van der Waals surface area contributed by atoms with Crippen molar-refractivity contribution in [1.29, 1.82) is 0 Å². The van der Waals surface area contributed by atoms with E-state index in [4.69, 9.17) is 22.1 Å². The maximum atomic E-state index is 11.3. The number of ether oxygens (including phenoxy) is 1. The molecule has 0 saturated carbocycles. The SMILES string of the molecule is CCOC(=O)c1cnc(Cl)c(Br)c1N. The minimum atomic E-state index is -0.505. The van der Waals surface area contributed by atoms with E-state index in [0.717, 1.165) is 0 Å². The third-order valence-corrected chi connectivity index (χ3v) is 2.83. The first-order valence-corrected chi connectivity index (χ1v) is 5.01. The van der Waals surface area contributed by atoms with Crippen LogP contribution in [0.2, 0.25) is 5.15 Å². The lowest BCUT2D eigenvalue weighted by Crippen LogP contribution is -2.09. The van der Waals surface area contributed by atoms with Crippen LogP contribution in [0.4, 0.5) is 5.69 Å². The van der Waals surface area contributed by atoms with Gasteiger partial charge < -0.3 is 10.5 Å². The molecule has 2 N–H and O–H groups in total. The minimum absolute atomic E-state index is 0.211. The van der Waals surface area contributed by atoms with Crippen LogP contribution in [0.15, 0.2) is 10.7 Å². The molecule has 76 valence electrons. The summed E-state index contributed by atoms with van der Waals surface area (Å²) in [6.45, 7) is 2.00. The standard InChI is InChI=1S/C8H8BrClN2O2/c1-2-14-8(13)4-3-12-7(10)5(9)6(4)11/h3H,2H2,1H3,(H2,11,12). The summed E-state index contributed by atoms with van der Waals surface area (Å²) in [5, 5.41) is 0.218. The molecule has 0 unspecified atom stereocenters. The molecule has 0 spiro atoms. The molecule has 0 fully saturated rings. The van der Waals surface area contributed by atoms with Crippen molar-refractivity contribution in [2.75, 3.05) is 12.3 Å². The first kappa shape index (κ1) is 11.3. The van der Waals surface area contributed by atoms with Crippen LogP contribution in [-0.4, -0.2) is 17.6 Å². The van der Waals surface area contributed by atoms with Gasteiger partial charge in [0.1, 0.15) is 10.7 Å². The molecule has 0 atom stereocenters. The van der Waals surface area contributed by atoms with Gasteiger partial charge in [-0.2, -0.15) is 0 Å². The maximum absolute atomic E-state index is 11.3. The van der Waals surface area contributed by atoms with Crippen molar-refractivity contribution in [3.05, 3.63) is 21.4 Å². The number of nitrogen functional groups attached to an aromatic ring is 1. The molecular formula is C8H8BrClN2O2. The van der Waals surface area contributed by atoms with Gasteiger partial charge in [0.2, 0.25) is 0 Å². The molecule has 0 aliphatic carbocycles. The Balaban J connectivity index is 3.11. The number of anilines is 1. The highest BCUT2D eigenvalue weighted by atomic mass is 79.9. The van der Waals surface area contributed by atoms with Gasteiger partial charge in [0, 0.05) is 6.20 Å².